The molecule has 0 atom stereocenters. The summed E-state index contributed by atoms with van der Waals surface area (Å²) in [5.41, 5.74) is 4.04. The number of allylic oxidation sites excluding steroid dienone is 2. The third-order valence-electron chi connectivity index (χ3n) is 3.67. The number of hydrogen-bond acceptors (Lipinski definition) is 5. The van der Waals surface area contributed by atoms with Gasteiger partial charge in [0.25, 0.3) is 0 Å². The number of benzene rings is 2. The molecule has 2 aromatic heterocycles. The molecule has 5 nitrogen and oxygen atoms in total. The van der Waals surface area contributed by atoms with Crippen molar-refractivity contribution >= 4 is 17.0 Å². The molecule has 0 amide bonds. The molecule has 149 valence electrons. The van der Waals surface area contributed by atoms with Crippen LogP contribution in [-0.4, -0.2) is 20.9 Å². The largest absolute Gasteiger partial charge is 0.512 e. The van der Waals surface area contributed by atoms with Crippen molar-refractivity contribution in [2.75, 3.05) is 0 Å². The van der Waals surface area contributed by atoms with Gasteiger partial charge in [-0.25, -0.2) is 0 Å². The normalized spacial score (nSPS) is 10.6. The van der Waals surface area contributed by atoms with Crippen LogP contribution in [0.5, 0.6) is 0 Å². The third kappa shape index (κ3) is 6.21. The Bertz CT molecular complexity index is 1070. The van der Waals surface area contributed by atoms with Crippen LogP contribution in [0.15, 0.2) is 83.0 Å². The van der Waals surface area contributed by atoms with Crippen LogP contribution in [0.2, 0.25) is 0 Å². The zero-order valence-electron chi connectivity index (χ0n) is 15.9. The molecule has 6 heteroatoms. The van der Waals surface area contributed by atoms with Gasteiger partial charge < -0.3 is 9.52 Å². The van der Waals surface area contributed by atoms with Gasteiger partial charge in [0.05, 0.1) is 5.76 Å². The van der Waals surface area contributed by atoms with E-state index in [0.717, 1.165) is 16.8 Å². The van der Waals surface area contributed by atoms with E-state index in [1.54, 1.807) is 0 Å². The summed E-state index contributed by atoms with van der Waals surface area (Å²) in [7, 11) is 0. The Morgan fingerprint density at radius 3 is 2.31 bits per heavy atom. The Hall–Kier alpha value is -3.08. The van der Waals surface area contributed by atoms with Gasteiger partial charge in [-0.15, -0.1) is 35.9 Å². The van der Waals surface area contributed by atoms with Crippen molar-refractivity contribution in [3.05, 3.63) is 84.6 Å². The van der Waals surface area contributed by atoms with E-state index in [1.165, 1.54) is 19.9 Å². The van der Waals surface area contributed by atoms with Crippen molar-refractivity contribution in [3.63, 3.8) is 0 Å². The number of fused-ring (bicyclic) bond motifs is 1. The van der Waals surface area contributed by atoms with E-state index in [2.05, 4.69) is 16.0 Å². The number of aliphatic hydroxyl groups is 1. The first-order valence-electron chi connectivity index (χ1n) is 8.71. The molecule has 29 heavy (non-hydrogen) atoms. The maximum absolute atomic E-state index is 10.0. The number of pyridine rings is 1. The maximum atomic E-state index is 10.0. The zero-order chi connectivity index (χ0) is 19.9. The Labute approximate surface area is 182 Å². The molecular weight excluding hydrogens is 544 g/mol. The van der Waals surface area contributed by atoms with Crippen LogP contribution in [0.25, 0.3) is 33.9 Å². The molecule has 2 heterocycles. The molecule has 4 aromatic rings. The van der Waals surface area contributed by atoms with Crippen LogP contribution < -0.4 is 0 Å². The summed E-state index contributed by atoms with van der Waals surface area (Å²) in [6.45, 7) is 2.85. The van der Waals surface area contributed by atoms with Gasteiger partial charge in [-0.1, -0.05) is 24.3 Å². The minimum absolute atomic E-state index is 0. The molecule has 0 saturated carbocycles. The first kappa shape index (κ1) is 22.2. The fourth-order valence-electron chi connectivity index (χ4n) is 2.52. The average molecular weight is 564 g/mol. The molecule has 0 aliphatic carbocycles. The van der Waals surface area contributed by atoms with Crippen molar-refractivity contribution in [2.45, 2.75) is 13.8 Å². The number of hydrogen-bond donors (Lipinski definition) is 1. The number of carbonyl (C=O) groups is 1. The molecule has 2 aromatic carbocycles. The predicted molar refractivity (Wildman–Crippen MR) is 109 cm³/mol. The van der Waals surface area contributed by atoms with Gasteiger partial charge in [0, 0.05) is 31.7 Å². The minimum Gasteiger partial charge on any atom is -0.512 e. The van der Waals surface area contributed by atoms with Gasteiger partial charge in [-0.3, -0.25) is 9.78 Å². The summed E-state index contributed by atoms with van der Waals surface area (Å²) in [5, 5.41) is 8.36. The molecule has 1 radical (unpaired) electrons. The van der Waals surface area contributed by atoms with Crippen LogP contribution in [0.3, 0.4) is 0 Å². The molecule has 0 bridgehead atoms. The van der Waals surface area contributed by atoms with E-state index in [9.17, 15) is 4.79 Å². The molecule has 0 unspecified atom stereocenters. The number of aliphatic hydroxyl groups excluding tert-OH is 1. The molecular formula is C23H19IrN2O3-. The number of carbonyl (C=O) groups excluding carboxylic acids is 1. The quantitative estimate of drug-likeness (QED) is 0.206. The Kier molecular flexibility index (Phi) is 8.01. The second kappa shape index (κ2) is 10.5. The smallest absolute Gasteiger partial charge is 0.228 e. The number of aromatic nitrogens is 2. The van der Waals surface area contributed by atoms with Crippen molar-refractivity contribution in [1.29, 1.82) is 0 Å². The Morgan fingerprint density at radius 2 is 1.72 bits per heavy atom. The molecule has 4 rings (SSSR count). The number of oxazole rings is 1. The summed E-state index contributed by atoms with van der Waals surface area (Å²) in [5.74, 6) is 0.528. The summed E-state index contributed by atoms with van der Waals surface area (Å²) < 4.78 is 5.76. The maximum Gasteiger partial charge on any atom is 0.228 e. The molecule has 0 saturated heterocycles. The van der Waals surface area contributed by atoms with Gasteiger partial charge in [0.15, 0.2) is 17.0 Å². The van der Waals surface area contributed by atoms with E-state index >= 15 is 0 Å². The van der Waals surface area contributed by atoms with Crippen molar-refractivity contribution in [2.24, 2.45) is 0 Å². The molecule has 1 N–H and O–H groups in total. The Morgan fingerprint density at radius 1 is 1.00 bits per heavy atom. The monoisotopic (exact) mass is 564 g/mol. The van der Waals surface area contributed by atoms with E-state index in [-0.39, 0.29) is 31.6 Å². The van der Waals surface area contributed by atoms with E-state index in [4.69, 9.17) is 9.52 Å². The first-order chi connectivity index (χ1) is 13.5. The first-order valence-corrected chi connectivity index (χ1v) is 8.71. The van der Waals surface area contributed by atoms with E-state index < -0.39 is 0 Å². The fraction of sp³-hybridized carbons (Fsp3) is 0.0870. The summed E-state index contributed by atoms with van der Waals surface area (Å²) >= 11 is 0. The van der Waals surface area contributed by atoms with Crippen LogP contribution >= 0.6 is 0 Å². The van der Waals surface area contributed by atoms with Crippen LogP contribution in [0.4, 0.5) is 0 Å². The van der Waals surface area contributed by atoms with Crippen molar-refractivity contribution in [1.82, 2.24) is 9.97 Å². The number of nitrogens with zero attached hydrogens (tertiary/aromatic N) is 2. The third-order valence-corrected chi connectivity index (χ3v) is 3.67. The SMILES string of the molecule is CC(=O)/C=C(/C)O.[Ir].[c-]1ccccc1-c1ccc2oc(-c3ccccc3)nc2n1. The van der Waals surface area contributed by atoms with Crippen molar-refractivity contribution in [3.8, 4) is 22.7 Å². The molecule has 0 aliphatic rings. The summed E-state index contributed by atoms with van der Waals surface area (Å²) in [6, 6.07) is 24.6. The van der Waals surface area contributed by atoms with Crippen LogP contribution in [0, 0.1) is 6.07 Å². The zero-order valence-corrected chi connectivity index (χ0v) is 18.3. The standard InChI is InChI=1S/C18H11N2O.C5H8O2.Ir/c1-3-7-13(8-4-1)15-11-12-16-17(19-15)20-18(21-16)14-9-5-2-6-10-14;1-4(6)3-5(2)7;/h1-7,9-12H;3,6H,1-2H3;/q-1;;/b;4-3-;. The second-order valence-corrected chi connectivity index (χ2v) is 6.08. The topological polar surface area (TPSA) is 76.2 Å². The van der Waals surface area contributed by atoms with Gasteiger partial charge in [-0.05, 0) is 37.7 Å². The van der Waals surface area contributed by atoms with Crippen LogP contribution in [-0.2, 0) is 24.9 Å². The summed E-state index contributed by atoms with van der Waals surface area (Å²) in [4.78, 5) is 19.1. The minimum atomic E-state index is -0.125. The summed E-state index contributed by atoms with van der Waals surface area (Å²) in [6.07, 6.45) is 1.17. The number of rotatable bonds is 3. The molecule has 0 spiro atoms. The van der Waals surface area contributed by atoms with Gasteiger partial charge in [-0.2, -0.15) is 4.98 Å². The predicted octanol–water partition coefficient (Wildman–Crippen LogP) is 5.39. The van der Waals surface area contributed by atoms with Gasteiger partial charge in [0.2, 0.25) is 5.89 Å². The van der Waals surface area contributed by atoms with Gasteiger partial charge >= 0.3 is 0 Å². The van der Waals surface area contributed by atoms with Gasteiger partial charge in [0.1, 0.15) is 0 Å². The molecule has 0 aliphatic heterocycles. The average Bonchev–Trinajstić information content (AvgIpc) is 3.12. The Balaban J connectivity index is 0.000000327. The molecule has 0 fully saturated rings. The van der Waals surface area contributed by atoms with E-state index in [1.807, 2.05) is 66.7 Å². The van der Waals surface area contributed by atoms with Crippen LogP contribution in [0.1, 0.15) is 13.8 Å². The fourth-order valence-corrected chi connectivity index (χ4v) is 2.52. The second-order valence-electron chi connectivity index (χ2n) is 6.08. The van der Waals surface area contributed by atoms with E-state index in [0.29, 0.717) is 17.1 Å². The number of ketones is 1. The van der Waals surface area contributed by atoms with Crippen molar-refractivity contribution < 1.29 is 34.4 Å².